The first kappa shape index (κ1) is 16.9. The van der Waals surface area contributed by atoms with Crippen molar-refractivity contribution in [3.63, 3.8) is 0 Å². The van der Waals surface area contributed by atoms with Gasteiger partial charge in [0.15, 0.2) is 0 Å². The molecule has 0 unspecified atom stereocenters. The van der Waals surface area contributed by atoms with E-state index in [1.54, 1.807) is 0 Å². The molecule has 3 aliphatic rings. The normalized spacial score (nSPS) is 29.3. The van der Waals surface area contributed by atoms with Crippen molar-refractivity contribution in [1.82, 2.24) is 4.90 Å². The maximum atomic E-state index is 12.5. The number of rotatable bonds is 4. The second-order valence-corrected chi connectivity index (χ2v) is 8.44. The first-order valence-electron chi connectivity index (χ1n) is 8.22. The Morgan fingerprint density at radius 1 is 1.08 bits per heavy atom. The fraction of sp³-hybridized carbons (Fsp3) is 0.353. The van der Waals surface area contributed by atoms with Gasteiger partial charge < -0.3 is 5.32 Å². The predicted molar refractivity (Wildman–Crippen MR) is 90.9 cm³/mol. The largest absolute Gasteiger partial charge is 0.325 e. The van der Waals surface area contributed by atoms with E-state index in [9.17, 15) is 22.8 Å². The Morgan fingerprint density at radius 3 is 2.12 bits per heavy atom. The molecule has 0 radical (unpaired) electrons. The fourth-order valence-corrected chi connectivity index (χ4v) is 4.71. The molecular formula is C17H17N3O5S. The molecule has 1 saturated carbocycles. The van der Waals surface area contributed by atoms with Crippen LogP contribution in [0.15, 0.2) is 41.3 Å². The third kappa shape index (κ3) is 2.63. The molecule has 136 valence electrons. The van der Waals surface area contributed by atoms with Crippen molar-refractivity contribution in [2.75, 3.05) is 11.9 Å². The van der Waals surface area contributed by atoms with Crippen LogP contribution in [0.2, 0.25) is 0 Å². The van der Waals surface area contributed by atoms with Gasteiger partial charge in [0.05, 0.1) is 16.7 Å². The van der Waals surface area contributed by atoms with E-state index >= 15 is 0 Å². The highest BCUT2D eigenvalue weighted by atomic mass is 32.2. The molecule has 1 saturated heterocycles. The maximum absolute atomic E-state index is 12.5. The summed E-state index contributed by atoms with van der Waals surface area (Å²) in [5.41, 5.74) is 0.350. The molecular weight excluding hydrogens is 358 g/mol. The van der Waals surface area contributed by atoms with Gasteiger partial charge in [-0.25, -0.2) is 13.6 Å². The van der Waals surface area contributed by atoms with Gasteiger partial charge in [0.25, 0.3) is 0 Å². The average molecular weight is 375 g/mol. The summed E-state index contributed by atoms with van der Waals surface area (Å²) in [5, 5.41) is 7.57. The first-order chi connectivity index (χ1) is 12.3. The van der Waals surface area contributed by atoms with Crippen molar-refractivity contribution in [2.24, 2.45) is 28.8 Å². The van der Waals surface area contributed by atoms with Crippen LogP contribution in [-0.4, -0.2) is 37.6 Å². The van der Waals surface area contributed by atoms with Crippen LogP contribution < -0.4 is 10.5 Å². The molecule has 2 bridgehead atoms. The summed E-state index contributed by atoms with van der Waals surface area (Å²) in [7, 11) is -3.81. The molecule has 1 aromatic carbocycles. The molecule has 0 aromatic heterocycles. The van der Waals surface area contributed by atoms with Crippen molar-refractivity contribution in [3.05, 3.63) is 36.4 Å². The van der Waals surface area contributed by atoms with E-state index in [1.165, 1.54) is 24.3 Å². The number of hydrogen-bond acceptors (Lipinski definition) is 5. The Bertz CT molecular complexity index is 908. The van der Waals surface area contributed by atoms with Crippen LogP contribution in [0.5, 0.6) is 0 Å². The highest BCUT2D eigenvalue weighted by Gasteiger charge is 2.59. The standard InChI is InChI=1S/C17H17N3O5S/c18-26(24,25)12-5-3-11(4-6-12)19-13(21)8-20-16(22)14-9-1-2-10(7-9)15(14)17(20)23/h1-6,9-10,14-15H,7-8H2,(H,19,21)(H2,18,24,25)/t9-,10+,14-,15+. The monoisotopic (exact) mass is 375 g/mol. The second kappa shape index (κ2) is 5.75. The number of fused-ring (bicyclic) bond motifs is 5. The first-order valence-corrected chi connectivity index (χ1v) is 9.76. The lowest BCUT2D eigenvalue weighted by atomic mass is 9.85. The van der Waals surface area contributed by atoms with Crippen LogP contribution in [0.1, 0.15) is 6.42 Å². The molecule has 1 aliphatic heterocycles. The van der Waals surface area contributed by atoms with E-state index in [2.05, 4.69) is 5.32 Å². The average Bonchev–Trinajstić information content (AvgIpc) is 3.24. The van der Waals surface area contributed by atoms with E-state index in [4.69, 9.17) is 5.14 Å². The van der Waals surface area contributed by atoms with E-state index in [0.29, 0.717) is 5.69 Å². The number of likely N-dealkylation sites (tertiary alicyclic amines) is 1. The number of benzene rings is 1. The Balaban J connectivity index is 1.43. The zero-order valence-electron chi connectivity index (χ0n) is 13.7. The van der Waals surface area contributed by atoms with Crippen molar-refractivity contribution < 1.29 is 22.8 Å². The number of primary sulfonamides is 1. The van der Waals surface area contributed by atoms with Crippen LogP contribution in [0, 0.1) is 23.7 Å². The zero-order valence-corrected chi connectivity index (χ0v) is 14.5. The molecule has 2 fully saturated rings. The van der Waals surface area contributed by atoms with E-state index in [-0.39, 0.29) is 46.9 Å². The Labute approximate surface area is 150 Å². The number of amides is 3. The summed E-state index contributed by atoms with van der Waals surface area (Å²) >= 11 is 0. The number of nitrogens with zero attached hydrogens (tertiary/aromatic N) is 1. The summed E-state index contributed by atoms with van der Waals surface area (Å²) in [6.07, 6.45) is 4.82. The Kier molecular flexibility index (Phi) is 3.74. The minimum atomic E-state index is -3.81. The lowest BCUT2D eigenvalue weighted by molar-refractivity contribution is -0.143. The van der Waals surface area contributed by atoms with Crippen molar-refractivity contribution >= 4 is 33.4 Å². The number of anilines is 1. The van der Waals surface area contributed by atoms with Crippen LogP contribution >= 0.6 is 0 Å². The predicted octanol–water partition coefficient (Wildman–Crippen LogP) is 0.0796. The number of nitrogens with one attached hydrogen (secondary N) is 1. The molecule has 1 aromatic rings. The summed E-state index contributed by atoms with van der Waals surface area (Å²) in [4.78, 5) is 38.3. The van der Waals surface area contributed by atoms with Gasteiger partial charge in [0, 0.05) is 5.69 Å². The Morgan fingerprint density at radius 2 is 1.62 bits per heavy atom. The van der Waals surface area contributed by atoms with E-state index < -0.39 is 15.9 Å². The van der Waals surface area contributed by atoms with Crippen LogP contribution in [0.4, 0.5) is 5.69 Å². The number of nitrogens with two attached hydrogens (primary N) is 1. The lowest BCUT2D eigenvalue weighted by Gasteiger charge is -2.16. The lowest BCUT2D eigenvalue weighted by Crippen LogP contribution is -2.39. The molecule has 2 aliphatic carbocycles. The summed E-state index contributed by atoms with van der Waals surface area (Å²) in [6.45, 7) is -0.346. The quantitative estimate of drug-likeness (QED) is 0.569. The van der Waals surface area contributed by atoms with Gasteiger partial charge in [0.2, 0.25) is 27.7 Å². The van der Waals surface area contributed by atoms with Gasteiger partial charge in [0.1, 0.15) is 6.54 Å². The van der Waals surface area contributed by atoms with Gasteiger partial charge in [-0.3, -0.25) is 19.3 Å². The van der Waals surface area contributed by atoms with Crippen molar-refractivity contribution in [1.29, 1.82) is 0 Å². The van der Waals surface area contributed by atoms with Gasteiger partial charge >= 0.3 is 0 Å². The van der Waals surface area contributed by atoms with Gasteiger partial charge in [-0.2, -0.15) is 0 Å². The summed E-state index contributed by atoms with van der Waals surface area (Å²) in [6, 6.07) is 5.32. The van der Waals surface area contributed by atoms with Crippen molar-refractivity contribution in [2.45, 2.75) is 11.3 Å². The number of sulfonamides is 1. The van der Waals surface area contributed by atoms with Crippen LogP contribution in [-0.2, 0) is 24.4 Å². The highest BCUT2D eigenvalue weighted by Crippen LogP contribution is 2.52. The number of carbonyl (C=O) groups excluding carboxylic acids is 3. The molecule has 4 atom stereocenters. The van der Waals surface area contributed by atoms with Gasteiger partial charge in [-0.15, -0.1) is 0 Å². The molecule has 3 amide bonds. The zero-order chi connectivity index (χ0) is 18.6. The van der Waals surface area contributed by atoms with Crippen molar-refractivity contribution in [3.8, 4) is 0 Å². The third-order valence-corrected chi connectivity index (χ3v) is 6.26. The van der Waals surface area contributed by atoms with Crippen LogP contribution in [0.3, 0.4) is 0 Å². The van der Waals surface area contributed by atoms with E-state index in [1.807, 2.05) is 12.2 Å². The molecule has 0 spiro atoms. The maximum Gasteiger partial charge on any atom is 0.244 e. The highest BCUT2D eigenvalue weighted by molar-refractivity contribution is 7.89. The number of carbonyl (C=O) groups is 3. The topological polar surface area (TPSA) is 127 Å². The summed E-state index contributed by atoms with van der Waals surface area (Å²) in [5.74, 6) is -1.55. The molecule has 9 heteroatoms. The van der Waals surface area contributed by atoms with Gasteiger partial charge in [-0.1, -0.05) is 12.2 Å². The molecule has 1 heterocycles. The number of imide groups is 1. The smallest absolute Gasteiger partial charge is 0.244 e. The minimum Gasteiger partial charge on any atom is -0.325 e. The Hall–Kier alpha value is -2.52. The second-order valence-electron chi connectivity index (χ2n) is 6.88. The SMILES string of the molecule is NS(=O)(=O)c1ccc(NC(=O)CN2C(=O)[C@@H]3[C@H](C2=O)[C@@H]2C=C[C@H]3C2)cc1. The van der Waals surface area contributed by atoms with E-state index in [0.717, 1.165) is 11.3 Å². The molecule has 26 heavy (non-hydrogen) atoms. The fourth-order valence-electron chi connectivity index (χ4n) is 4.19. The van der Waals surface area contributed by atoms with Gasteiger partial charge in [-0.05, 0) is 42.5 Å². The minimum absolute atomic E-state index is 0.0730. The number of allylic oxidation sites excluding steroid dienone is 2. The summed E-state index contributed by atoms with van der Waals surface area (Å²) < 4.78 is 22.5. The third-order valence-electron chi connectivity index (χ3n) is 5.33. The molecule has 3 N–H and O–H groups in total. The molecule has 8 nitrogen and oxygen atoms in total. The molecule has 4 rings (SSSR count). The number of hydrogen-bond donors (Lipinski definition) is 2. The van der Waals surface area contributed by atoms with Crippen LogP contribution in [0.25, 0.3) is 0 Å².